The molecule has 0 saturated carbocycles. The standard InChI is InChI=1S/C16H23N5O2S/c1-13-6-4-8-15(18-13)21-9-5-7-14(10-21)20(3)24(22,23)16-11-19(2)12-17-16/h4,6,8,11-12,14H,5,7,9-10H2,1-3H3/t14-/m0/s1. The van der Waals surface area contributed by atoms with E-state index in [0.29, 0.717) is 6.54 Å². The summed E-state index contributed by atoms with van der Waals surface area (Å²) in [6.07, 6.45) is 4.81. The predicted molar refractivity (Wildman–Crippen MR) is 92.4 cm³/mol. The summed E-state index contributed by atoms with van der Waals surface area (Å²) >= 11 is 0. The predicted octanol–water partition coefficient (Wildman–Crippen LogP) is 1.41. The van der Waals surface area contributed by atoms with Crippen LogP contribution in [0.5, 0.6) is 0 Å². The van der Waals surface area contributed by atoms with Crippen LogP contribution < -0.4 is 4.90 Å². The van der Waals surface area contributed by atoms with Crippen molar-refractivity contribution < 1.29 is 8.42 Å². The van der Waals surface area contributed by atoms with Gasteiger partial charge in [0.15, 0.2) is 5.03 Å². The van der Waals surface area contributed by atoms with E-state index < -0.39 is 10.0 Å². The molecule has 7 nitrogen and oxygen atoms in total. The van der Waals surface area contributed by atoms with Gasteiger partial charge in [0.05, 0.1) is 6.33 Å². The normalized spacial score (nSPS) is 19.0. The number of anilines is 1. The Morgan fingerprint density at radius 2 is 2.12 bits per heavy atom. The number of sulfonamides is 1. The average molecular weight is 349 g/mol. The summed E-state index contributed by atoms with van der Waals surface area (Å²) in [6.45, 7) is 3.49. The minimum atomic E-state index is -3.58. The van der Waals surface area contributed by atoms with E-state index in [0.717, 1.165) is 30.9 Å². The molecule has 0 bridgehead atoms. The first-order valence-electron chi connectivity index (χ1n) is 8.02. The van der Waals surface area contributed by atoms with Gasteiger partial charge in [-0.25, -0.2) is 18.4 Å². The summed E-state index contributed by atoms with van der Waals surface area (Å²) in [6, 6.07) is 5.83. The molecule has 0 aliphatic carbocycles. The molecule has 1 aliphatic rings. The number of aromatic nitrogens is 3. The van der Waals surface area contributed by atoms with Crippen molar-refractivity contribution in [2.24, 2.45) is 7.05 Å². The maximum atomic E-state index is 12.8. The fraction of sp³-hybridized carbons (Fsp3) is 0.500. The van der Waals surface area contributed by atoms with E-state index >= 15 is 0 Å². The Balaban J connectivity index is 1.79. The summed E-state index contributed by atoms with van der Waals surface area (Å²) in [7, 11) is -0.175. The van der Waals surface area contributed by atoms with Gasteiger partial charge in [-0.2, -0.15) is 4.31 Å². The summed E-state index contributed by atoms with van der Waals surface area (Å²) in [5.41, 5.74) is 0.962. The fourth-order valence-electron chi connectivity index (χ4n) is 3.03. The Labute approximate surface area is 143 Å². The van der Waals surface area contributed by atoms with Gasteiger partial charge < -0.3 is 9.47 Å². The van der Waals surface area contributed by atoms with Crippen molar-refractivity contribution in [1.29, 1.82) is 0 Å². The summed E-state index contributed by atoms with van der Waals surface area (Å²) in [4.78, 5) is 10.7. The molecule has 1 saturated heterocycles. The Hall–Kier alpha value is -1.93. The molecular formula is C16H23N5O2S. The lowest BCUT2D eigenvalue weighted by Crippen LogP contribution is -2.48. The lowest BCUT2D eigenvalue weighted by atomic mass is 10.1. The van der Waals surface area contributed by atoms with E-state index in [2.05, 4.69) is 14.9 Å². The highest BCUT2D eigenvalue weighted by atomic mass is 32.2. The summed E-state index contributed by atoms with van der Waals surface area (Å²) < 4.78 is 28.6. The molecule has 0 aromatic carbocycles. The number of nitrogens with zero attached hydrogens (tertiary/aromatic N) is 5. The van der Waals surface area contributed by atoms with Crippen LogP contribution in [-0.4, -0.2) is 53.4 Å². The van der Waals surface area contributed by atoms with E-state index in [4.69, 9.17) is 0 Å². The van der Waals surface area contributed by atoms with Crippen molar-refractivity contribution in [3.63, 3.8) is 0 Å². The van der Waals surface area contributed by atoms with Gasteiger partial charge in [0.1, 0.15) is 5.82 Å². The van der Waals surface area contributed by atoms with Gasteiger partial charge in [-0.3, -0.25) is 0 Å². The molecule has 3 rings (SSSR count). The van der Waals surface area contributed by atoms with Gasteiger partial charge in [0, 0.05) is 45.1 Å². The average Bonchev–Trinajstić information content (AvgIpc) is 3.01. The first-order valence-corrected chi connectivity index (χ1v) is 9.46. The fourth-order valence-corrected chi connectivity index (χ4v) is 4.37. The third-order valence-electron chi connectivity index (χ3n) is 4.43. The monoisotopic (exact) mass is 349 g/mol. The number of pyridine rings is 1. The number of imidazole rings is 1. The van der Waals surface area contributed by atoms with E-state index in [1.54, 1.807) is 18.7 Å². The minimum absolute atomic E-state index is 0.0898. The van der Waals surface area contributed by atoms with Crippen LogP contribution in [0.4, 0.5) is 5.82 Å². The van der Waals surface area contributed by atoms with E-state index in [1.165, 1.54) is 16.8 Å². The van der Waals surface area contributed by atoms with Crippen LogP contribution in [0.1, 0.15) is 18.5 Å². The van der Waals surface area contributed by atoms with Crippen molar-refractivity contribution in [3.05, 3.63) is 36.4 Å². The zero-order chi connectivity index (χ0) is 17.3. The first kappa shape index (κ1) is 16.9. The van der Waals surface area contributed by atoms with Crippen molar-refractivity contribution >= 4 is 15.8 Å². The molecule has 2 aromatic rings. The van der Waals surface area contributed by atoms with E-state index in [1.807, 2.05) is 25.1 Å². The SMILES string of the molecule is Cc1cccc(N2CCC[C@H](N(C)S(=O)(=O)c3cn(C)cn3)C2)n1. The van der Waals surface area contributed by atoms with Crippen LogP contribution in [0.3, 0.4) is 0 Å². The molecule has 0 amide bonds. The molecule has 0 unspecified atom stereocenters. The second-order valence-electron chi connectivity index (χ2n) is 6.28. The van der Waals surface area contributed by atoms with Crippen LogP contribution in [-0.2, 0) is 17.1 Å². The lowest BCUT2D eigenvalue weighted by Gasteiger charge is -2.37. The van der Waals surface area contributed by atoms with Crippen molar-refractivity contribution in [2.75, 3.05) is 25.0 Å². The van der Waals surface area contributed by atoms with Crippen LogP contribution in [0, 0.1) is 6.92 Å². The molecule has 0 radical (unpaired) electrons. The van der Waals surface area contributed by atoms with Crippen LogP contribution in [0.25, 0.3) is 0 Å². The summed E-state index contributed by atoms with van der Waals surface area (Å²) in [5.74, 6) is 0.906. The molecule has 2 aromatic heterocycles. The van der Waals surface area contributed by atoms with E-state index in [-0.39, 0.29) is 11.1 Å². The molecule has 130 valence electrons. The number of piperidine rings is 1. The van der Waals surface area contributed by atoms with Gasteiger partial charge in [0.25, 0.3) is 10.0 Å². The Morgan fingerprint density at radius 3 is 2.79 bits per heavy atom. The van der Waals surface area contributed by atoms with E-state index in [9.17, 15) is 8.42 Å². The van der Waals surface area contributed by atoms with Crippen molar-refractivity contribution in [3.8, 4) is 0 Å². The highest BCUT2D eigenvalue weighted by molar-refractivity contribution is 7.89. The largest absolute Gasteiger partial charge is 0.355 e. The molecule has 24 heavy (non-hydrogen) atoms. The molecule has 0 N–H and O–H groups in total. The second-order valence-corrected chi connectivity index (χ2v) is 8.22. The Bertz CT molecular complexity index is 817. The Morgan fingerprint density at radius 1 is 1.33 bits per heavy atom. The Kier molecular flexibility index (Phi) is 4.60. The number of hydrogen-bond donors (Lipinski definition) is 0. The van der Waals surface area contributed by atoms with Gasteiger partial charge >= 0.3 is 0 Å². The number of likely N-dealkylation sites (N-methyl/N-ethyl adjacent to an activating group) is 1. The molecule has 1 fully saturated rings. The topological polar surface area (TPSA) is 71.3 Å². The molecule has 0 spiro atoms. The number of aryl methyl sites for hydroxylation is 2. The second kappa shape index (κ2) is 6.52. The molecule has 3 heterocycles. The van der Waals surface area contributed by atoms with Gasteiger partial charge in [0.2, 0.25) is 0 Å². The van der Waals surface area contributed by atoms with Crippen LogP contribution in [0.2, 0.25) is 0 Å². The molecule has 1 aliphatic heterocycles. The summed E-state index contributed by atoms with van der Waals surface area (Å²) in [5, 5.41) is 0.0957. The zero-order valence-electron chi connectivity index (χ0n) is 14.3. The van der Waals surface area contributed by atoms with Gasteiger partial charge in [-0.05, 0) is 31.9 Å². The van der Waals surface area contributed by atoms with Gasteiger partial charge in [-0.15, -0.1) is 0 Å². The zero-order valence-corrected chi connectivity index (χ0v) is 15.1. The van der Waals surface area contributed by atoms with Crippen LogP contribution in [0.15, 0.2) is 35.7 Å². The first-order chi connectivity index (χ1) is 11.4. The highest BCUT2D eigenvalue weighted by Gasteiger charge is 2.33. The number of rotatable bonds is 4. The van der Waals surface area contributed by atoms with Crippen molar-refractivity contribution in [2.45, 2.75) is 30.8 Å². The number of hydrogen-bond acceptors (Lipinski definition) is 5. The molecular weight excluding hydrogens is 326 g/mol. The molecule has 8 heteroatoms. The minimum Gasteiger partial charge on any atom is -0.355 e. The third kappa shape index (κ3) is 3.29. The van der Waals surface area contributed by atoms with Crippen molar-refractivity contribution in [1.82, 2.24) is 18.8 Å². The highest BCUT2D eigenvalue weighted by Crippen LogP contribution is 2.24. The van der Waals surface area contributed by atoms with Gasteiger partial charge in [-0.1, -0.05) is 6.07 Å². The maximum absolute atomic E-state index is 12.8. The van der Waals surface area contributed by atoms with Crippen LogP contribution >= 0.6 is 0 Å². The molecule has 1 atom stereocenters. The smallest absolute Gasteiger partial charge is 0.262 e. The maximum Gasteiger partial charge on any atom is 0.262 e. The lowest BCUT2D eigenvalue weighted by molar-refractivity contribution is 0.318. The third-order valence-corrected chi connectivity index (χ3v) is 6.23. The quantitative estimate of drug-likeness (QED) is 0.835.